The largest absolute Gasteiger partial charge is 0.399 e. The van der Waals surface area contributed by atoms with Gasteiger partial charge in [0.1, 0.15) is 0 Å². The van der Waals surface area contributed by atoms with Crippen molar-refractivity contribution < 1.29 is 0 Å². The zero-order valence-electron chi connectivity index (χ0n) is 9.94. The zero-order valence-corrected chi connectivity index (χ0v) is 12.1. The Morgan fingerprint density at radius 2 is 1.89 bits per heavy atom. The zero-order chi connectivity index (χ0) is 12.5. The molecule has 3 heteroatoms. The molecule has 1 aliphatic rings. The molecule has 3 rings (SSSR count). The van der Waals surface area contributed by atoms with Crippen LogP contribution in [0.15, 0.2) is 48.5 Å². The summed E-state index contributed by atoms with van der Waals surface area (Å²) in [4.78, 5) is 0. The average molecular weight is 350 g/mol. The van der Waals surface area contributed by atoms with Crippen LogP contribution in [0.25, 0.3) is 0 Å². The maximum Gasteiger partial charge on any atom is 0.0479 e. The summed E-state index contributed by atoms with van der Waals surface area (Å²) in [6.45, 7) is 0. The number of benzene rings is 2. The van der Waals surface area contributed by atoms with Gasteiger partial charge >= 0.3 is 0 Å². The van der Waals surface area contributed by atoms with Crippen molar-refractivity contribution >= 4 is 34.0 Å². The molecule has 0 radical (unpaired) electrons. The first kappa shape index (κ1) is 11.8. The molecule has 2 atom stereocenters. The third-order valence-electron chi connectivity index (χ3n) is 3.35. The SMILES string of the molecule is Nc1ccc(NC2CC2c2ccccc2)c(I)c1. The molecular weight excluding hydrogens is 335 g/mol. The molecule has 0 aliphatic heterocycles. The summed E-state index contributed by atoms with van der Waals surface area (Å²) in [5.41, 5.74) is 9.20. The van der Waals surface area contributed by atoms with E-state index in [9.17, 15) is 0 Å². The molecule has 2 aromatic rings. The van der Waals surface area contributed by atoms with Crippen LogP contribution in [0.1, 0.15) is 17.9 Å². The van der Waals surface area contributed by atoms with E-state index < -0.39 is 0 Å². The maximum atomic E-state index is 5.76. The quantitative estimate of drug-likeness (QED) is 0.652. The average Bonchev–Trinajstić information content (AvgIpc) is 3.13. The number of nitrogen functional groups attached to an aromatic ring is 1. The molecule has 2 aromatic carbocycles. The number of rotatable bonds is 3. The van der Waals surface area contributed by atoms with Gasteiger partial charge in [-0.2, -0.15) is 0 Å². The molecule has 18 heavy (non-hydrogen) atoms. The summed E-state index contributed by atoms with van der Waals surface area (Å²) in [7, 11) is 0. The smallest absolute Gasteiger partial charge is 0.0479 e. The number of nitrogens with one attached hydrogen (secondary N) is 1. The van der Waals surface area contributed by atoms with Gasteiger partial charge in [0, 0.05) is 26.9 Å². The van der Waals surface area contributed by atoms with Gasteiger partial charge in [0.25, 0.3) is 0 Å². The van der Waals surface area contributed by atoms with Gasteiger partial charge in [-0.3, -0.25) is 0 Å². The molecule has 2 nitrogen and oxygen atoms in total. The van der Waals surface area contributed by atoms with Crippen molar-refractivity contribution in [2.45, 2.75) is 18.4 Å². The van der Waals surface area contributed by atoms with Crippen molar-refractivity contribution in [1.82, 2.24) is 0 Å². The van der Waals surface area contributed by atoms with Crippen molar-refractivity contribution in [3.05, 3.63) is 57.7 Å². The van der Waals surface area contributed by atoms with E-state index in [0.29, 0.717) is 12.0 Å². The van der Waals surface area contributed by atoms with Crippen LogP contribution in [0.3, 0.4) is 0 Å². The highest BCUT2D eigenvalue weighted by atomic mass is 127. The highest BCUT2D eigenvalue weighted by molar-refractivity contribution is 14.1. The molecule has 0 saturated heterocycles. The van der Waals surface area contributed by atoms with E-state index in [1.165, 1.54) is 21.2 Å². The maximum absolute atomic E-state index is 5.76. The normalized spacial score (nSPS) is 21.6. The fraction of sp³-hybridized carbons (Fsp3) is 0.200. The summed E-state index contributed by atoms with van der Waals surface area (Å²) in [6.07, 6.45) is 1.21. The molecular formula is C15H15IN2. The lowest BCUT2D eigenvalue weighted by Gasteiger charge is -2.09. The summed E-state index contributed by atoms with van der Waals surface area (Å²) < 4.78 is 1.19. The predicted octanol–water partition coefficient (Wildman–Crippen LogP) is 3.84. The first-order chi connectivity index (χ1) is 8.74. The van der Waals surface area contributed by atoms with E-state index in [1.54, 1.807) is 0 Å². The van der Waals surface area contributed by atoms with Crippen molar-refractivity contribution in [1.29, 1.82) is 0 Å². The van der Waals surface area contributed by atoms with Gasteiger partial charge in [0.2, 0.25) is 0 Å². The lowest BCUT2D eigenvalue weighted by molar-refractivity contribution is 1.04. The lowest BCUT2D eigenvalue weighted by atomic mass is 10.1. The van der Waals surface area contributed by atoms with Gasteiger partial charge in [-0.15, -0.1) is 0 Å². The molecule has 1 fully saturated rings. The van der Waals surface area contributed by atoms with Crippen molar-refractivity contribution in [3.8, 4) is 0 Å². The fourth-order valence-corrected chi connectivity index (χ4v) is 2.97. The van der Waals surface area contributed by atoms with Crippen LogP contribution in [0.2, 0.25) is 0 Å². The second-order valence-corrected chi connectivity index (χ2v) is 5.91. The Bertz CT molecular complexity index is 554. The molecule has 0 bridgehead atoms. The molecule has 0 aromatic heterocycles. The first-order valence-electron chi connectivity index (χ1n) is 6.10. The second kappa shape index (κ2) is 4.80. The summed E-state index contributed by atoms with van der Waals surface area (Å²) in [5, 5.41) is 3.60. The summed E-state index contributed by atoms with van der Waals surface area (Å²) >= 11 is 2.33. The molecule has 0 heterocycles. The van der Waals surface area contributed by atoms with Crippen molar-refractivity contribution in [2.24, 2.45) is 0 Å². The number of halogens is 1. The van der Waals surface area contributed by atoms with Crippen LogP contribution in [-0.4, -0.2) is 6.04 Å². The van der Waals surface area contributed by atoms with E-state index in [4.69, 9.17) is 5.73 Å². The van der Waals surface area contributed by atoms with Gasteiger partial charge < -0.3 is 11.1 Å². The van der Waals surface area contributed by atoms with E-state index in [1.807, 2.05) is 12.1 Å². The number of hydrogen-bond acceptors (Lipinski definition) is 2. The van der Waals surface area contributed by atoms with E-state index in [-0.39, 0.29) is 0 Å². The third-order valence-corrected chi connectivity index (χ3v) is 4.24. The highest BCUT2D eigenvalue weighted by Gasteiger charge is 2.38. The summed E-state index contributed by atoms with van der Waals surface area (Å²) in [6, 6.07) is 17.3. The Morgan fingerprint density at radius 1 is 1.11 bits per heavy atom. The highest BCUT2D eigenvalue weighted by Crippen LogP contribution is 2.43. The van der Waals surface area contributed by atoms with E-state index in [0.717, 1.165) is 5.69 Å². The lowest BCUT2D eigenvalue weighted by Crippen LogP contribution is -2.05. The van der Waals surface area contributed by atoms with Crippen molar-refractivity contribution in [2.75, 3.05) is 11.1 Å². The molecule has 92 valence electrons. The molecule has 1 saturated carbocycles. The molecule has 0 amide bonds. The van der Waals surface area contributed by atoms with Crippen LogP contribution in [0, 0.1) is 3.57 Å². The fourth-order valence-electron chi connectivity index (χ4n) is 2.27. The molecule has 1 aliphatic carbocycles. The van der Waals surface area contributed by atoms with Crippen LogP contribution >= 0.6 is 22.6 Å². The van der Waals surface area contributed by atoms with E-state index >= 15 is 0 Å². The monoisotopic (exact) mass is 350 g/mol. The first-order valence-corrected chi connectivity index (χ1v) is 7.18. The Kier molecular flexibility index (Phi) is 3.16. The van der Waals surface area contributed by atoms with Gasteiger partial charge in [-0.1, -0.05) is 30.3 Å². The van der Waals surface area contributed by atoms with E-state index in [2.05, 4.69) is 64.3 Å². The minimum absolute atomic E-state index is 0.560. The van der Waals surface area contributed by atoms with Gasteiger partial charge in [-0.25, -0.2) is 0 Å². The Morgan fingerprint density at radius 3 is 2.61 bits per heavy atom. The van der Waals surface area contributed by atoms with Crippen LogP contribution < -0.4 is 11.1 Å². The Hall–Kier alpha value is -1.23. The van der Waals surface area contributed by atoms with Crippen LogP contribution in [-0.2, 0) is 0 Å². The van der Waals surface area contributed by atoms with Gasteiger partial charge in [0.05, 0.1) is 0 Å². The Labute approximate surface area is 121 Å². The predicted molar refractivity (Wildman–Crippen MR) is 84.8 cm³/mol. The topological polar surface area (TPSA) is 38.0 Å². The molecule has 0 spiro atoms. The number of hydrogen-bond donors (Lipinski definition) is 2. The third kappa shape index (κ3) is 2.46. The van der Waals surface area contributed by atoms with Gasteiger partial charge in [0.15, 0.2) is 0 Å². The van der Waals surface area contributed by atoms with Crippen molar-refractivity contribution in [3.63, 3.8) is 0 Å². The molecule has 3 N–H and O–H groups in total. The number of anilines is 2. The minimum Gasteiger partial charge on any atom is -0.399 e. The van der Waals surface area contributed by atoms with Gasteiger partial charge in [-0.05, 0) is 52.8 Å². The van der Waals surface area contributed by atoms with Crippen LogP contribution in [0.5, 0.6) is 0 Å². The minimum atomic E-state index is 0.560. The summed E-state index contributed by atoms with van der Waals surface area (Å²) in [5.74, 6) is 0.652. The Balaban J connectivity index is 1.69. The second-order valence-electron chi connectivity index (χ2n) is 4.74. The number of nitrogens with two attached hydrogens (primary N) is 1. The standard InChI is InChI=1S/C15H15IN2/c16-13-8-11(17)6-7-14(13)18-15-9-12(15)10-4-2-1-3-5-10/h1-8,12,15,18H,9,17H2. The molecule has 2 unspecified atom stereocenters. The van der Waals surface area contributed by atoms with Crippen LogP contribution in [0.4, 0.5) is 11.4 Å².